The minimum absolute atomic E-state index is 0.0171. The summed E-state index contributed by atoms with van der Waals surface area (Å²) in [4.78, 5) is 0.296. The number of benzene rings is 1. The number of alkyl halides is 3. The van der Waals surface area contributed by atoms with Crippen LogP contribution in [-0.4, -0.2) is 12.1 Å². The Labute approximate surface area is 134 Å². The number of hydrogen-bond donors (Lipinski definition) is 1. The van der Waals surface area contributed by atoms with Crippen molar-refractivity contribution in [2.24, 2.45) is 17.6 Å². The lowest BCUT2D eigenvalue weighted by molar-refractivity contribution is -0.0328. The zero-order chi connectivity index (χ0) is 16.5. The minimum Gasteiger partial charge on any atom is -0.330 e. The van der Waals surface area contributed by atoms with E-state index in [9.17, 15) is 13.2 Å². The molecule has 0 spiro atoms. The van der Waals surface area contributed by atoms with Crippen LogP contribution in [-0.2, 0) is 11.8 Å². The van der Waals surface area contributed by atoms with Crippen LogP contribution in [0.4, 0.5) is 13.2 Å². The maximum atomic E-state index is 12.7. The molecular formula is C17H24F3NS. The molecule has 0 radical (unpaired) electrons. The van der Waals surface area contributed by atoms with Crippen molar-refractivity contribution in [3.63, 3.8) is 0 Å². The molecular weight excluding hydrogens is 307 g/mol. The van der Waals surface area contributed by atoms with Crippen molar-refractivity contribution in [2.75, 3.05) is 6.54 Å². The first-order chi connectivity index (χ1) is 10.1. The molecule has 1 aliphatic carbocycles. The zero-order valence-electron chi connectivity index (χ0n) is 13.3. The summed E-state index contributed by atoms with van der Waals surface area (Å²) < 4.78 is 38.1. The van der Waals surface area contributed by atoms with Gasteiger partial charge < -0.3 is 5.73 Å². The summed E-state index contributed by atoms with van der Waals surface area (Å²) in [6.07, 6.45) is 3.04. The lowest BCUT2D eigenvalue weighted by Crippen LogP contribution is -2.31. The van der Waals surface area contributed by atoms with Crippen LogP contribution in [0.1, 0.15) is 44.7 Å². The van der Waals surface area contributed by atoms with Crippen molar-refractivity contribution < 1.29 is 13.2 Å². The maximum Gasteiger partial charge on any atom is 0.446 e. The van der Waals surface area contributed by atoms with Crippen LogP contribution in [0.25, 0.3) is 0 Å². The molecule has 124 valence electrons. The van der Waals surface area contributed by atoms with E-state index in [1.54, 1.807) is 12.1 Å². The largest absolute Gasteiger partial charge is 0.446 e. The van der Waals surface area contributed by atoms with Crippen molar-refractivity contribution in [3.8, 4) is 0 Å². The van der Waals surface area contributed by atoms with Gasteiger partial charge in [-0.05, 0) is 78.1 Å². The van der Waals surface area contributed by atoms with Gasteiger partial charge in [-0.3, -0.25) is 0 Å². The molecule has 1 aromatic carbocycles. The quantitative estimate of drug-likeness (QED) is 0.775. The highest BCUT2D eigenvalue weighted by Crippen LogP contribution is 2.41. The Morgan fingerprint density at radius 2 is 1.73 bits per heavy atom. The van der Waals surface area contributed by atoms with E-state index < -0.39 is 5.51 Å². The molecule has 1 nitrogen and oxygen atoms in total. The Balaban J connectivity index is 2.19. The maximum absolute atomic E-state index is 12.7. The zero-order valence-corrected chi connectivity index (χ0v) is 14.2. The van der Waals surface area contributed by atoms with Gasteiger partial charge >= 0.3 is 5.51 Å². The predicted molar refractivity (Wildman–Crippen MR) is 86.0 cm³/mol. The van der Waals surface area contributed by atoms with Crippen LogP contribution in [0.3, 0.4) is 0 Å². The number of hydrogen-bond acceptors (Lipinski definition) is 2. The topological polar surface area (TPSA) is 26.0 Å². The molecule has 1 aliphatic rings. The third-order valence-corrected chi connectivity index (χ3v) is 4.96. The van der Waals surface area contributed by atoms with Gasteiger partial charge in [-0.1, -0.05) is 26.8 Å². The number of rotatable bonds is 4. The molecule has 5 heteroatoms. The highest BCUT2D eigenvalue weighted by atomic mass is 32.2. The Bertz CT molecular complexity index is 514. The van der Waals surface area contributed by atoms with E-state index in [2.05, 4.69) is 6.07 Å². The molecule has 22 heavy (non-hydrogen) atoms. The number of halogens is 3. The van der Waals surface area contributed by atoms with Crippen LogP contribution in [0.5, 0.6) is 0 Å². The summed E-state index contributed by atoms with van der Waals surface area (Å²) in [5, 5.41) is 0. The van der Waals surface area contributed by atoms with Crippen LogP contribution in [0, 0.1) is 11.8 Å². The van der Waals surface area contributed by atoms with E-state index in [1.807, 2.05) is 20.8 Å². The molecule has 1 saturated carbocycles. The van der Waals surface area contributed by atoms with Gasteiger partial charge in [-0.25, -0.2) is 0 Å². The van der Waals surface area contributed by atoms with Gasteiger partial charge in [0, 0.05) is 4.90 Å². The highest BCUT2D eigenvalue weighted by molar-refractivity contribution is 8.00. The first kappa shape index (κ1) is 17.7. The number of thioether (sulfide) groups is 1. The van der Waals surface area contributed by atoms with Gasteiger partial charge in [0.1, 0.15) is 0 Å². The smallest absolute Gasteiger partial charge is 0.330 e. The van der Waals surface area contributed by atoms with E-state index in [0.29, 0.717) is 23.3 Å². The van der Waals surface area contributed by atoms with Gasteiger partial charge in [0.25, 0.3) is 0 Å². The standard InChI is InChI=1S/C17H24F3NS/c1-16(2,3)14-7-12(4-11-5-13(6-11)10-21)8-15(9-14)22-17(18,19)20/h7-9,11,13H,4-6,10,21H2,1-3H3/t11-,13+. The molecule has 0 aliphatic heterocycles. The van der Waals surface area contributed by atoms with Crippen molar-refractivity contribution in [3.05, 3.63) is 29.3 Å². The van der Waals surface area contributed by atoms with Crippen molar-refractivity contribution in [1.82, 2.24) is 0 Å². The lowest BCUT2D eigenvalue weighted by Gasteiger charge is -2.35. The molecule has 0 atom stereocenters. The first-order valence-electron chi connectivity index (χ1n) is 7.67. The summed E-state index contributed by atoms with van der Waals surface area (Å²) in [7, 11) is 0. The lowest BCUT2D eigenvalue weighted by atomic mass is 9.72. The van der Waals surface area contributed by atoms with Gasteiger partial charge in [0.2, 0.25) is 0 Å². The van der Waals surface area contributed by atoms with E-state index in [1.165, 1.54) is 0 Å². The second-order valence-electron chi connectivity index (χ2n) is 7.31. The highest BCUT2D eigenvalue weighted by Gasteiger charge is 2.31. The Hall–Kier alpha value is -0.680. The fourth-order valence-electron chi connectivity index (χ4n) is 2.97. The average molecular weight is 331 g/mol. The number of nitrogens with two attached hydrogens (primary N) is 1. The summed E-state index contributed by atoms with van der Waals surface area (Å²) in [6.45, 7) is 6.81. The van der Waals surface area contributed by atoms with E-state index in [-0.39, 0.29) is 17.2 Å². The normalized spacial score (nSPS) is 22.5. The van der Waals surface area contributed by atoms with Gasteiger partial charge in [-0.15, -0.1) is 0 Å². The van der Waals surface area contributed by atoms with Crippen LogP contribution in [0.15, 0.2) is 23.1 Å². The van der Waals surface area contributed by atoms with Crippen LogP contribution >= 0.6 is 11.8 Å². The van der Waals surface area contributed by atoms with Gasteiger partial charge in [-0.2, -0.15) is 13.2 Å². The fourth-order valence-corrected chi connectivity index (χ4v) is 3.63. The molecule has 0 bridgehead atoms. The average Bonchev–Trinajstić information content (AvgIpc) is 2.29. The van der Waals surface area contributed by atoms with Gasteiger partial charge in [0.05, 0.1) is 0 Å². The Kier molecular flexibility index (Phi) is 5.17. The first-order valence-corrected chi connectivity index (χ1v) is 8.49. The second-order valence-corrected chi connectivity index (χ2v) is 8.45. The summed E-state index contributed by atoms with van der Waals surface area (Å²) in [5.41, 5.74) is 3.22. The van der Waals surface area contributed by atoms with E-state index >= 15 is 0 Å². The van der Waals surface area contributed by atoms with E-state index in [0.717, 1.165) is 30.4 Å². The molecule has 2 N–H and O–H groups in total. The molecule has 0 heterocycles. The van der Waals surface area contributed by atoms with Crippen molar-refractivity contribution in [1.29, 1.82) is 0 Å². The Morgan fingerprint density at radius 1 is 1.09 bits per heavy atom. The molecule has 1 fully saturated rings. The van der Waals surface area contributed by atoms with Gasteiger partial charge in [0.15, 0.2) is 0 Å². The fraction of sp³-hybridized carbons (Fsp3) is 0.647. The third-order valence-electron chi connectivity index (χ3n) is 4.26. The molecule has 0 amide bonds. The Morgan fingerprint density at radius 3 is 2.23 bits per heavy atom. The minimum atomic E-state index is -4.24. The summed E-state index contributed by atoms with van der Waals surface area (Å²) in [6, 6.07) is 5.44. The molecule has 2 rings (SSSR count). The van der Waals surface area contributed by atoms with Crippen LogP contribution < -0.4 is 5.73 Å². The molecule has 0 unspecified atom stereocenters. The monoisotopic (exact) mass is 331 g/mol. The SMILES string of the molecule is CC(C)(C)c1cc(C[C@H]2C[C@@H](CN)C2)cc(SC(F)(F)F)c1. The summed E-state index contributed by atoms with van der Waals surface area (Å²) in [5.74, 6) is 1.16. The van der Waals surface area contributed by atoms with Crippen LogP contribution in [0.2, 0.25) is 0 Å². The third kappa shape index (κ3) is 4.92. The van der Waals surface area contributed by atoms with Crippen molar-refractivity contribution in [2.45, 2.75) is 55.9 Å². The van der Waals surface area contributed by atoms with E-state index in [4.69, 9.17) is 5.73 Å². The molecule has 1 aromatic rings. The molecule has 0 aromatic heterocycles. The van der Waals surface area contributed by atoms with Crippen molar-refractivity contribution >= 4 is 11.8 Å². The predicted octanol–water partition coefficient (Wildman–Crippen LogP) is 5.12. The summed E-state index contributed by atoms with van der Waals surface area (Å²) >= 11 is -0.0171. The second kappa shape index (κ2) is 6.44. The molecule has 0 saturated heterocycles.